The van der Waals surface area contributed by atoms with Crippen LogP contribution in [0.5, 0.6) is 0 Å². The van der Waals surface area contributed by atoms with E-state index < -0.39 is 0 Å². The molecule has 6 heteroatoms. The van der Waals surface area contributed by atoms with Gasteiger partial charge in [0.05, 0.1) is 10.2 Å². The molecule has 1 N–H and O–H groups in total. The predicted molar refractivity (Wildman–Crippen MR) is 104 cm³/mol. The van der Waals surface area contributed by atoms with E-state index >= 15 is 0 Å². The molecule has 0 fully saturated rings. The lowest BCUT2D eigenvalue weighted by Gasteiger charge is -1.96. The molecule has 4 aromatic rings. The van der Waals surface area contributed by atoms with Gasteiger partial charge in [-0.25, -0.2) is 4.98 Å². The summed E-state index contributed by atoms with van der Waals surface area (Å²) >= 11 is 1.45. The molecule has 0 saturated heterocycles. The maximum Gasteiger partial charge on any atom is 0.279 e. The SMILES string of the molecule is Cc1ccc(-c2cc(C(=O)Nc3nc4c(C)cc(C)cc4s3)no2)cc1. The normalized spacial score (nSPS) is 11.0. The number of hydrogen-bond donors (Lipinski definition) is 1. The number of thiazole rings is 1. The van der Waals surface area contributed by atoms with Gasteiger partial charge in [0.15, 0.2) is 16.6 Å². The van der Waals surface area contributed by atoms with Gasteiger partial charge in [-0.2, -0.15) is 0 Å². The fourth-order valence-electron chi connectivity index (χ4n) is 2.82. The molecule has 2 heterocycles. The molecular formula is C20H17N3O2S. The Balaban J connectivity index is 1.57. The molecule has 26 heavy (non-hydrogen) atoms. The third-order valence-corrected chi connectivity index (χ3v) is 5.05. The van der Waals surface area contributed by atoms with E-state index in [0.717, 1.165) is 26.9 Å². The zero-order valence-corrected chi connectivity index (χ0v) is 15.5. The Hall–Kier alpha value is -2.99. The summed E-state index contributed by atoms with van der Waals surface area (Å²) < 4.78 is 6.37. The van der Waals surface area contributed by atoms with Crippen molar-refractivity contribution in [3.8, 4) is 11.3 Å². The van der Waals surface area contributed by atoms with E-state index in [2.05, 4.69) is 27.6 Å². The Morgan fingerprint density at radius 1 is 1.04 bits per heavy atom. The van der Waals surface area contributed by atoms with Crippen LogP contribution in [0.25, 0.3) is 21.5 Å². The first-order valence-corrected chi connectivity index (χ1v) is 9.04. The molecule has 2 aromatic heterocycles. The highest BCUT2D eigenvalue weighted by atomic mass is 32.1. The maximum absolute atomic E-state index is 12.5. The third-order valence-electron chi connectivity index (χ3n) is 4.13. The average molecular weight is 363 g/mol. The van der Waals surface area contributed by atoms with E-state index in [-0.39, 0.29) is 11.6 Å². The molecule has 0 radical (unpaired) electrons. The van der Waals surface area contributed by atoms with Crippen LogP contribution < -0.4 is 5.32 Å². The molecule has 5 nitrogen and oxygen atoms in total. The second kappa shape index (κ2) is 6.38. The molecule has 2 aromatic carbocycles. The Labute approximate surface area is 154 Å². The second-order valence-electron chi connectivity index (χ2n) is 6.34. The molecule has 0 atom stereocenters. The first-order valence-electron chi connectivity index (χ1n) is 8.22. The quantitative estimate of drug-likeness (QED) is 0.548. The highest BCUT2D eigenvalue weighted by Gasteiger charge is 2.16. The summed E-state index contributed by atoms with van der Waals surface area (Å²) in [5.74, 6) is 0.228. The van der Waals surface area contributed by atoms with Gasteiger partial charge in [0.1, 0.15) is 0 Å². The molecule has 4 rings (SSSR count). The van der Waals surface area contributed by atoms with Crippen LogP contribution in [0.2, 0.25) is 0 Å². The Kier molecular flexibility index (Phi) is 4.05. The van der Waals surface area contributed by atoms with Gasteiger partial charge in [-0.1, -0.05) is 52.4 Å². The molecule has 130 valence electrons. The summed E-state index contributed by atoms with van der Waals surface area (Å²) in [4.78, 5) is 17.0. The van der Waals surface area contributed by atoms with Gasteiger partial charge in [0.2, 0.25) is 0 Å². The number of carbonyl (C=O) groups is 1. The van der Waals surface area contributed by atoms with Gasteiger partial charge < -0.3 is 4.52 Å². The average Bonchev–Trinajstić information content (AvgIpc) is 3.22. The molecule has 0 saturated carbocycles. The predicted octanol–water partition coefficient (Wildman–Crippen LogP) is 5.13. The Bertz CT molecular complexity index is 1110. The van der Waals surface area contributed by atoms with Gasteiger partial charge in [-0.15, -0.1) is 0 Å². The van der Waals surface area contributed by atoms with Crippen molar-refractivity contribution in [1.82, 2.24) is 10.1 Å². The van der Waals surface area contributed by atoms with Crippen molar-refractivity contribution in [3.05, 3.63) is 64.8 Å². The highest BCUT2D eigenvalue weighted by Crippen LogP contribution is 2.29. The van der Waals surface area contributed by atoms with Crippen molar-refractivity contribution in [2.45, 2.75) is 20.8 Å². The van der Waals surface area contributed by atoms with Crippen LogP contribution in [0, 0.1) is 20.8 Å². The van der Waals surface area contributed by atoms with Gasteiger partial charge in [0.25, 0.3) is 5.91 Å². The standard InChI is InChI=1S/C20H17N3O2S/c1-11-4-6-14(7-5-11)16-10-15(23-25-16)19(24)22-20-21-18-13(3)8-12(2)9-17(18)26-20/h4-10H,1-3H3,(H,21,22,24). The monoisotopic (exact) mass is 363 g/mol. The molecule has 0 aliphatic heterocycles. The van der Waals surface area contributed by atoms with Crippen molar-refractivity contribution in [3.63, 3.8) is 0 Å². The van der Waals surface area contributed by atoms with Crippen LogP contribution >= 0.6 is 11.3 Å². The number of fused-ring (bicyclic) bond motifs is 1. The summed E-state index contributed by atoms with van der Waals surface area (Å²) in [6, 6.07) is 13.7. The van der Waals surface area contributed by atoms with Crippen molar-refractivity contribution in [2.75, 3.05) is 5.32 Å². The third kappa shape index (κ3) is 3.11. The van der Waals surface area contributed by atoms with Crippen molar-refractivity contribution in [1.29, 1.82) is 0 Å². The lowest BCUT2D eigenvalue weighted by Crippen LogP contribution is -2.11. The summed E-state index contributed by atoms with van der Waals surface area (Å²) in [5.41, 5.74) is 5.46. The zero-order valence-electron chi connectivity index (χ0n) is 14.7. The lowest BCUT2D eigenvalue weighted by molar-refractivity contribution is 0.101. The fraction of sp³-hybridized carbons (Fsp3) is 0.150. The summed E-state index contributed by atoms with van der Waals surface area (Å²) in [7, 11) is 0. The van der Waals surface area contributed by atoms with E-state index in [1.54, 1.807) is 6.07 Å². The van der Waals surface area contributed by atoms with Crippen LogP contribution in [-0.4, -0.2) is 16.0 Å². The number of aryl methyl sites for hydroxylation is 3. The van der Waals surface area contributed by atoms with E-state index in [9.17, 15) is 4.79 Å². The van der Waals surface area contributed by atoms with E-state index in [0.29, 0.717) is 10.9 Å². The van der Waals surface area contributed by atoms with E-state index in [1.165, 1.54) is 16.9 Å². The maximum atomic E-state index is 12.5. The molecule has 1 amide bonds. The number of nitrogens with zero attached hydrogens (tertiary/aromatic N) is 2. The highest BCUT2D eigenvalue weighted by molar-refractivity contribution is 7.22. The molecular weight excluding hydrogens is 346 g/mol. The molecule has 0 aliphatic carbocycles. The molecule has 0 bridgehead atoms. The van der Waals surface area contributed by atoms with Crippen molar-refractivity contribution < 1.29 is 9.32 Å². The number of anilines is 1. The smallest absolute Gasteiger partial charge is 0.279 e. The zero-order chi connectivity index (χ0) is 18.3. The summed E-state index contributed by atoms with van der Waals surface area (Å²) in [5, 5.41) is 7.25. The van der Waals surface area contributed by atoms with E-state index in [1.807, 2.05) is 45.0 Å². The van der Waals surface area contributed by atoms with Crippen molar-refractivity contribution >= 4 is 32.6 Å². The van der Waals surface area contributed by atoms with Gasteiger partial charge in [-0.05, 0) is 38.0 Å². The fourth-order valence-corrected chi connectivity index (χ4v) is 3.86. The Morgan fingerprint density at radius 3 is 2.58 bits per heavy atom. The minimum absolute atomic E-state index is 0.229. The van der Waals surface area contributed by atoms with Crippen molar-refractivity contribution in [2.24, 2.45) is 0 Å². The number of carbonyl (C=O) groups excluding carboxylic acids is 1. The minimum Gasteiger partial charge on any atom is -0.355 e. The first kappa shape index (κ1) is 16.5. The molecule has 0 aliphatic rings. The van der Waals surface area contributed by atoms with Gasteiger partial charge in [-0.3, -0.25) is 10.1 Å². The van der Waals surface area contributed by atoms with E-state index in [4.69, 9.17) is 4.52 Å². The number of aromatic nitrogens is 2. The first-order chi connectivity index (χ1) is 12.5. The lowest BCUT2D eigenvalue weighted by atomic mass is 10.1. The number of rotatable bonds is 3. The summed E-state index contributed by atoms with van der Waals surface area (Å²) in [6.45, 7) is 6.09. The number of hydrogen-bond acceptors (Lipinski definition) is 5. The largest absolute Gasteiger partial charge is 0.355 e. The number of benzene rings is 2. The van der Waals surface area contributed by atoms with Crippen LogP contribution in [0.3, 0.4) is 0 Å². The number of amides is 1. The molecule has 0 spiro atoms. The topological polar surface area (TPSA) is 68.0 Å². The van der Waals surface area contributed by atoms with Crippen LogP contribution in [0.1, 0.15) is 27.2 Å². The Morgan fingerprint density at radius 2 is 1.81 bits per heavy atom. The number of nitrogens with one attached hydrogen (secondary N) is 1. The van der Waals surface area contributed by atoms with Crippen LogP contribution in [0.4, 0.5) is 5.13 Å². The second-order valence-corrected chi connectivity index (χ2v) is 7.37. The minimum atomic E-state index is -0.333. The van der Waals surface area contributed by atoms with Gasteiger partial charge in [0, 0.05) is 11.6 Å². The van der Waals surface area contributed by atoms with Crippen LogP contribution in [0.15, 0.2) is 47.0 Å². The van der Waals surface area contributed by atoms with Gasteiger partial charge >= 0.3 is 0 Å². The van der Waals surface area contributed by atoms with Crippen LogP contribution in [-0.2, 0) is 0 Å². The molecule has 0 unspecified atom stereocenters. The summed E-state index contributed by atoms with van der Waals surface area (Å²) in [6.07, 6.45) is 0.